The molecule has 1 aromatic carbocycles. The third kappa shape index (κ3) is 3.70. The van der Waals surface area contributed by atoms with E-state index in [4.69, 9.17) is 11.6 Å². The van der Waals surface area contributed by atoms with Crippen LogP contribution in [-0.2, 0) is 16.1 Å². The zero-order valence-corrected chi connectivity index (χ0v) is 23.0. The maximum Gasteiger partial charge on any atom is 0.234 e. The number of hydrogen-bond donors (Lipinski definition) is 1. The first-order valence-electron chi connectivity index (χ1n) is 12.7. The SMILES string of the molecule is CC1(C)C2C(=O)N(Cc3cc4nccc(-c5cc(Cl)c6c(C=C7CCNCC7)csc6c5)c4s3)C(=O)C21. The largest absolute Gasteiger partial charge is 0.316 e. The van der Waals surface area contributed by atoms with E-state index in [0.29, 0.717) is 6.54 Å². The molecule has 3 fully saturated rings. The third-order valence-electron chi connectivity index (χ3n) is 8.24. The zero-order valence-electron chi connectivity index (χ0n) is 20.6. The van der Waals surface area contributed by atoms with Crippen molar-refractivity contribution in [3.63, 3.8) is 0 Å². The van der Waals surface area contributed by atoms with E-state index in [-0.39, 0.29) is 29.1 Å². The Morgan fingerprint density at radius 3 is 2.68 bits per heavy atom. The van der Waals surface area contributed by atoms with Gasteiger partial charge in [0.05, 0.1) is 33.6 Å². The second-order valence-electron chi connectivity index (χ2n) is 10.9. The highest BCUT2D eigenvalue weighted by atomic mass is 35.5. The van der Waals surface area contributed by atoms with Crippen LogP contribution in [0.1, 0.15) is 37.1 Å². The van der Waals surface area contributed by atoms with Crippen molar-refractivity contribution < 1.29 is 9.59 Å². The van der Waals surface area contributed by atoms with Gasteiger partial charge in [0, 0.05) is 26.7 Å². The van der Waals surface area contributed by atoms with Crippen molar-refractivity contribution in [2.75, 3.05) is 13.1 Å². The minimum Gasteiger partial charge on any atom is -0.316 e. The zero-order chi connectivity index (χ0) is 25.5. The number of rotatable bonds is 4. The number of nitrogens with one attached hydrogen (secondary N) is 1. The standard InChI is InChI=1S/C29H26ClN3O2S2/c1-29(2)24-25(29)28(35)33(27(24)34)13-18-12-21-26(37-18)19(5-8-32-21)16-10-20(30)23-17(14-36-22(23)11-16)9-15-3-6-31-7-4-15/h5,8-12,14,24-25,31H,3-4,6-7,13H2,1-2H3. The molecule has 2 atom stereocenters. The molecule has 0 bridgehead atoms. The molecule has 5 heterocycles. The van der Waals surface area contributed by atoms with E-state index in [2.05, 4.69) is 33.9 Å². The Balaban J connectivity index is 1.22. The molecular formula is C29H26ClN3O2S2. The number of thiophene rings is 2. The first kappa shape index (κ1) is 23.5. The van der Waals surface area contributed by atoms with E-state index in [9.17, 15) is 9.59 Å². The number of benzene rings is 1. The minimum absolute atomic E-state index is 0.0316. The van der Waals surface area contributed by atoms with Crippen molar-refractivity contribution in [2.24, 2.45) is 17.3 Å². The fraction of sp³-hybridized carbons (Fsp3) is 0.345. The van der Waals surface area contributed by atoms with Crippen molar-refractivity contribution >= 4 is 72.5 Å². The number of carbonyl (C=O) groups excluding carboxylic acids is 2. The average molecular weight is 548 g/mol. The van der Waals surface area contributed by atoms with Crippen LogP contribution in [0.5, 0.6) is 0 Å². The fourth-order valence-corrected chi connectivity index (χ4v) is 8.63. The van der Waals surface area contributed by atoms with Gasteiger partial charge in [-0.05, 0) is 72.1 Å². The number of likely N-dealkylation sites (tertiary alicyclic amines) is 1. The van der Waals surface area contributed by atoms with E-state index in [1.54, 1.807) is 22.7 Å². The Morgan fingerprint density at radius 2 is 1.92 bits per heavy atom. The van der Waals surface area contributed by atoms with Gasteiger partial charge in [-0.25, -0.2) is 0 Å². The van der Waals surface area contributed by atoms with E-state index in [1.165, 1.54) is 20.7 Å². The molecule has 1 aliphatic carbocycles. The summed E-state index contributed by atoms with van der Waals surface area (Å²) in [4.78, 5) is 32.7. The molecular weight excluding hydrogens is 522 g/mol. The topological polar surface area (TPSA) is 62.3 Å². The molecule has 2 amide bonds. The highest BCUT2D eigenvalue weighted by Crippen LogP contribution is 2.63. The second-order valence-corrected chi connectivity index (χ2v) is 13.4. The first-order chi connectivity index (χ1) is 17.8. The van der Waals surface area contributed by atoms with Crippen LogP contribution in [0.3, 0.4) is 0 Å². The Hall–Kier alpha value is -2.58. The van der Waals surface area contributed by atoms with Crippen molar-refractivity contribution in [1.29, 1.82) is 0 Å². The van der Waals surface area contributed by atoms with Crippen LogP contribution < -0.4 is 5.32 Å². The number of aromatic nitrogens is 1. The molecule has 37 heavy (non-hydrogen) atoms. The number of fused-ring (bicyclic) bond motifs is 3. The number of carbonyl (C=O) groups is 2. The summed E-state index contributed by atoms with van der Waals surface area (Å²) in [5.74, 6) is -0.372. The molecule has 1 N–H and O–H groups in total. The lowest BCUT2D eigenvalue weighted by Gasteiger charge is -2.19. The average Bonchev–Trinajstić information content (AvgIpc) is 3.24. The minimum atomic E-state index is -0.191. The molecule has 2 saturated heterocycles. The number of pyridine rings is 1. The van der Waals surface area contributed by atoms with Crippen LogP contribution in [0.25, 0.3) is 37.5 Å². The molecule has 7 rings (SSSR count). The van der Waals surface area contributed by atoms with Gasteiger partial charge < -0.3 is 5.32 Å². The van der Waals surface area contributed by atoms with Gasteiger partial charge in [0.1, 0.15) is 0 Å². The molecule has 4 aromatic rings. The summed E-state index contributed by atoms with van der Waals surface area (Å²) >= 11 is 10.2. The molecule has 2 aliphatic heterocycles. The highest BCUT2D eigenvalue weighted by molar-refractivity contribution is 7.19. The van der Waals surface area contributed by atoms with Crippen molar-refractivity contribution in [3.05, 3.63) is 56.9 Å². The van der Waals surface area contributed by atoms with Crippen LogP contribution in [0.4, 0.5) is 0 Å². The van der Waals surface area contributed by atoms with Gasteiger partial charge >= 0.3 is 0 Å². The van der Waals surface area contributed by atoms with Crippen molar-refractivity contribution in [2.45, 2.75) is 33.2 Å². The predicted molar refractivity (Wildman–Crippen MR) is 152 cm³/mol. The number of piperidine rings is 2. The summed E-state index contributed by atoms with van der Waals surface area (Å²) < 4.78 is 2.21. The number of amides is 2. The van der Waals surface area contributed by atoms with E-state index in [0.717, 1.165) is 62.6 Å². The summed E-state index contributed by atoms with van der Waals surface area (Å²) in [7, 11) is 0. The Morgan fingerprint density at radius 1 is 1.16 bits per heavy atom. The highest BCUT2D eigenvalue weighted by Gasteiger charge is 2.72. The number of imide groups is 1. The van der Waals surface area contributed by atoms with Crippen LogP contribution in [0.15, 0.2) is 41.4 Å². The monoisotopic (exact) mass is 547 g/mol. The van der Waals surface area contributed by atoms with Gasteiger partial charge in [-0.1, -0.05) is 37.1 Å². The molecule has 0 radical (unpaired) electrons. The van der Waals surface area contributed by atoms with Crippen LogP contribution in [0, 0.1) is 17.3 Å². The predicted octanol–water partition coefficient (Wildman–Crippen LogP) is 6.74. The van der Waals surface area contributed by atoms with Crippen LogP contribution >= 0.6 is 34.3 Å². The number of hydrogen-bond acceptors (Lipinski definition) is 6. The third-order valence-corrected chi connectivity index (χ3v) is 10.6. The van der Waals surface area contributed by atoms with Crippen LogP contribution in [-0.4, -0.2) is 34.8 Å². The lowest BCUT2D eigenvalue weighted by molar-refractivity contribution is -0.143. The van der Waals surface area contributed by atoms with Gasteiger partial charge in [-0.2, -0.15) is 0 Å². The normalized spacial score (nSPS) is 22.8. The number of nitrogens with zero attached hydrogens (tertiary/aromatic N) is 2. The summed E-state index contributed by atoms with van der Waals surface area (Å²) in [6.45, 7) is 6.40. The molecule has 2 unspecified atom stereocenters. The smallest absolute Gasteiger partial charge is 0.234 e. The van der Waals surface area contributed by atoms with Gasteiger partial charge in [0.25, 0.3) is 0 Å². The van der Waals surface area contributed by atoms with Crippen molar-refractivity contribution in [3.8, 4) is 11.1 Å². The maximum atomic E-state index is 12.8. The lowest BCUT2D eigenvalue weighted by Crippen LogP contribution is -2.35. The van der Waals surface area contributed by atoms with Gasteiger partial charge in [0.15, 0.2) is 0 Å². The van der Waals surface area contributed by atoms with E-state index >= 15 is 0 Å². The lowest BCUT2D eigenvalue weighted by atomic mass is 10.0. The van der Waals surface area contributed by atoms with Crippen molar-refractivity contribution in [1.82, 2.24) is 15.2 Å². The Bertz CT molecular complexity index is 1620. The second kappa shape index (κ2) is 8.46. The van der Waals surface area contributed by atoms with E-state index < -0.39 is 0 Å². The molecule has 1 saturated carbocycles. The Kier molecular flexibility index (Phi) is 5.38. The van der Waals surface area contributed by atoms with Crippen LogP contribution in [0.2, 0.25) is 5.02 Å². The molecule has 3 aliphatic rings. The number of halogens is 1. The quantitative estimate of drug-likeness (QED) is 0.287. The first-order valence-corrected chi connectivity index (χ1v) is 14.7. The molecule has 0 spiro atoms. The molecule has 5 nitrogen and oxygen atoms in total. The Labute approximate surface area is 228 Å². The maximum absolute atomic E-state index is 12.8. The summed E-state index contributed by atoms with van der Waals surface area (Å²) in [6.07, 6.45) is 6.29. The molecule has 8 heteroatoms. The van der Waals surface area contributed by atoms with Gasteiger partial charge in [0.2, 0.25) is 11.8 Å². The summed E-state index contributed by atoms with van der Waals surface area (Å²) in [5, 5.41) is 7.49. The molecule has 188 valence electrons. The van der Waals surface area contributed by atoms with Gasteiger partial charge in [-0.15, -0.1) is 22.7 Å². The molecule has 3 aromatic heterocycles. The van der Waals surface area contributed by atoms with Gasteiger partial charge in [-0.3, -0.25) is 19.5 Å². The summed E-state index contributed by atoms with van der Waals surface area (Å²) in [5.41, 5.74) is 5.48. The summed E-state index contributed by atoms with van der Waals surface area (Å²) in [6, 6.07) is 8.30. The van der Waals surface area contributed by atoms with E-state index in [1.807, 2.05) is 32.2 Å². The fourth-order valence-electron chi connectivity index (χ4n) is 6.12.